The maximum absolute atomic E-state index is 12.8. The van der Waals surface area contributed by atoms with Crippen molar-refractivity contribution in [3.8, 4) is 0 Å². The normalized spacial score (nSPS) is 13.3. The molecular weight excluding hydrogens is 324 g/mol. The molecule has 0 spiro atoms. The van der Waals surface area contributed by atoms with Gasteiger partial charge in [0.25, 0.3) is 11.8 Å². The van der Waals surface area contributed by atoms with Gasteiger partial charge in [-0.1, -0.05) is 29.8 Å². The van der Waals surface area contributed by atoms with Gasteiger partial charge in [-0.2, -0.15) is 0 Å². The van der Waals surface area contributed by atoms with Gasteiger partial charge in [-0.3, -0.25) is 9.59 Å². The van der Waals surface area contributed by atoms with Crippen LogP contribution in [0.25, 0.3) is 0 Å². The average molecular weight is 350 g/mol. The second-order valence-electron chi connectivity index (χ2n) is 7.33. The van der Waals surface area contributed by atoms with Gasteiger partial charge in [-0.05, 0) is 61.9 Å². The highest BCUT2D eigenvalue weighted by molar-refractivity contribution is 5.99. The Bertz CT molecular complexity index is 825. The first kappa shape index (κ1) is 18.2. The van der Waals surface area contributed by atoms with Crippen molar-refractivity contribution in [2.45, 2.75) is 33.2 Å². The maximum Gasteiger partial charge on any atom is 0.253 e. The Morgan fingerprint density at radius 1 is 1.08 bits per heavy atom. The molecular formula is C22H26N2O2. The lowest BCUT2D eigenvalue weighted by atomic mass is 10.0. The standard InChI is InChI=1S/C22H26N2O2/c1-15-7-8-16(2)20(11-15)14-24(3)22(26)19-6-4-5-18(12-19)21(25)23-13-17-9-10-17/h4-8,11-12,17H,9-10,13-14H2,1-3H3,(H,23,25). The molecule has 1 fully saturated rings. The van der Waals surface area contributed by atoms with Crippen LogP contribution in [0.1, 0.15) is 50.2 Å². The van der Waals surface area contributed by atoms with E-state index in [0.717, 1.165) is 12.1 Å². The maximum atomic E-state index is 12.8. The van der Waals surface area contributed by atoms with Crippen molar-refractivity contribution < 1.29 is 9.59 Å². The van der Waals surface area contributed by atoms with Crippen LogP contribution in [-0.4, -0.2) is 30.3 Å². The van der Waals surface area contributed by atoms with Crippen molar-refractivity contribution in [3.05, 3.63) is 70.3 Å². The van der Waals surface area contributed by atoms with Crippen LogP contribution < -0.4 is 5.32 Å². The van der Waals surface area contributed by atoms with E-state index in [4.69, 9.17) is 0 Å². The molecule has 4 nitrogen and oxygen atoms in total. The SMILES string of the molecule is Cc1ccc(C)c(CN(C)C(=O)c2cccc(C(=O)NCC3CC3)c2)c1. The number of carbonyl (C=O) groups excluding carboxylic acids is 2. The molecule has 1 saturated carbocycles. The predicted octanol–water partition coefficient (Wildman–Crippen LogP) is 3.72. The van der Waals surface area contributed by atoms with E-state index in [1.165, 1.54) is 24.0 Å². The third-order valence-corrected chi connectivity index (χ3v) is 4.88. The summed E-state index contributed by atoms with van der Waals surface area (Å²) in [5.41, 5.74) is 4.57. The highest BCUT2D eigenvalue weighted by Gasteiger charge is 2.22. The van der Waals surface area contributed by atoms with Crippen molar-refractivity contribution in [3.63, 3.8) is 0 Å². The summed E-state index contributed by atoms with van der Waals surface area (Å²) in [7, 11) is 1.80. The molecule has 3 rings (SSSR count). The van der Waals surface area contributed by atoms with Crippen LogP contribution >= 0.6 is 0 Å². The molecule has 0 saturated heterocycles. The van der Waals surface area contributed by atoms with Gasteiger partial charge in [-0.15, -0.1) is 0 Å². The van der Waals surface area contributed by atoms with Gasteiger partial charge in [0.15, 0.2) is 0 Å². The summed E-state index contributed by atoms with van der Waals surface area (Å²) in [6.45, 7) is 5.38. The molecule has 0 radical (unpaired) electrons. The quantitative estimate of drug-likeness (QED) is 0.863. The number of rotatable bonds is 6. The average Bonchev–Trinajstić information content (AvgIpc) is 3.46. The van der Waals surface area contributed by atoms with Gasteiger partial charge in [0.1, 0.15) is 0 Å². The van der Waals surface area contributed by atoms with E-state index in [0.29, 0.717) is 23.6 Å². The number of carbonyl (C=O) groups is 2. The van der Waals surface area contributed by atoms with E-state index in [1.807, 2.05) is 0 Å². The largest absolute Gasteiger partial charge is 0.352 e. The molecule has 2 aromatic carbocycles. The zero-order chi connectivity index (χ0) is 18.7. The molecule has 0 heterocycles. The number of aryl methyl sites for hydroxylation is 2. The molecule has 2 amide bonds. The minimum absolute atomic E-state index is 0.0808. The first-order valence-corrected chi connectivity index (χ1v) is 9.14. The molecule has 4 heteroatoms. The zero-order valence-electron chi connectivity index (χ0n) is 15.7. The van der Waals surface area contributed by atoms with E-state index in [9.17, 15) is 9.59 Å². The summed E-state index contributed by atoms with van der Waals surface area (Å²) in [5, 5.41) is 2.95. The Kier molecular flexibility index (Phi) is 5.40. The molecule has 1 aliphatic rings. The van der Waals surface area contributed by atoms with Gasteiger partial charge in [-0.25, -0.2) is 0 Å². The van der Waals surface area contributed by atoms with Gasteiger partial charge in [0, 0.05) is 31.3 Å². The molecule has 26 heavy (non-hydrogen) atoms. The lowest BCUT2D eigenvalue weighted by molar-refractivity contribution is 0.0785. The minimum Gasteiger partial charge on any atom is -0.352 e. The van der Waals surface area contributed by atoms with Crippen molar-refractivity contribution >= 4 is 11.8 Å². The van der Waals surface area contributed by atoms with Gasteiger partial charge < -0.3 is 10.2 Å². The number of nitrogens with one attached hydrogen (secondary N) is 1. The summed E-state index contributed by atoms with van der Waals surface area (Å²) in [6.07, 6.45) is 2.39. The van der Waals surface area contributed by atoms with Crippen LogP contribution in [0.2, 0.25) is 0 Å². The molecule has 136 valence electrons. The summed E-state index contributed by atoms with van der Waals surface area (Å²) >= 11 is 0. The molecule has 0 bridgehead atoms. The second kappa shape index (κ2) is 7.73. The number of hydrogen-bond acceptors (Lipinski definition) is 2. The summed E-state index contributed by atoms with van der Waals surface area (Å²) in [4.78, 5) is 26.7. The first-order valence-electron chi connectivity index (χ1n) is 9.14. The monoisotopic (exact) mass is 350 g/mol. The van der Waals surface area contributed by atoms with Crippen molar-refractivity contribution in [2.75, 3.05) is 13.6 Å². The Balaban J connectivity index is 1.69. The van der Waals surface area contributed by atoms with E-state index in [-0.39, 0.29) is 11.8 Å². The zero-order valence-corrected chi connectivity index (χ0v) is 15.7. The van der Waals surface area contributed by atoms with Crippen LogP contribution in [0.5, 0.6) is 0 Å². The summed E-state index contributed by atoms with van der Waals surface area (Å²) < 4.78 is 0. The number of benzene rings is 2. The van der Waals surface area contributed by atoms with Crippen LogP contribution in [0.4, 0.5) is 0 Å². The molecule has 0 aliphatic heterocycles. The predicted molar refractivity (Wildman–Crippen MR) is 103 cm³/mol. The minimum atomic E-state index is -0.108. The smallest absolute Gasteiger partial charge is 0.253 e. The lowest BCUT2D eigenvalue weighted by Gasteiger charge is -2.19. The Morgan fingerprint density at radius 2 is 1.81 bits per heavy atom. The highest BCUT2D eigenvalue weighted by Crippen LogP contribution is 2.27. The topological polar surface area (TPSA) is 49.4 Å². The van der Waals surface area contributed by atoms with Gasteiger partial charge in [0.2, 0.25) is 0 Å². The van der Waals surface area contributed by atoms with Crippen LogP contribution in [0.3, 0.4) is 0 Å². The van der Waals surface area contributed by atoms with E-state index < -0.39 is 0 Å². The van der Waals surface area contributed by atoms with Crippen LogP contribution in [-0.2, 0) is 6.54 Å². The molecule has 0 atom stereocenters. The van der Waals surface area contributed by atoms with Crippen molar-refractivity contribution in [2.24, 2.45) is 5.92 Å². The second-order valence-corrected chi connectivity index (χ2v) is 7.33. The third-order valence-electron chi connectivity index (χ3n) is 4.88. The van der Waals surface area contributed by atoms with Crippen molar-refractivity contribution in [1.29, 1.82) is 0 Å². The van der Waals surface area contributed by atoms with E-state index >= 15 is 0 Å². The van der Waals surface area contributed by atoms with Crippen LogP contribution in [0.15, 0.2) is 42.5 Å². The van der Waals surface area contributed by atoms with Crippen molar-refractivity contribution in [1.82, 2.24) is 10.2 Å². The number of hydrogen-bond donors (Lipinski definition) is 1. The lowest BCUT2D eigenvalue weighted by Crippen LogP contribution is -2.28. The molecule has 0 unspecified atom stereocenters. The summed E-state index contributed by atoms with van der Waals surface area (Å²) in [5.74, 6) is 0.443. The van der Waals surface area contributed by atoms with Gasteiger partial charge in [0.05, 0.1) is 0 Å². The molecule has 0 aromatic heterocycles. The third kappa shape index (κ3) is 4.51. The highest BCUT2D eigenvalue weighted by atomic mass is 16.2. The molecule has 2 aromatic rings. The number of amides is 2. The molecule has 1 N–H and O–H groups in total. The Labute approximate surface area is 155 Å². The van der Waals surface area contributed by atoms with Gasteiger partial charge >= 0.3 is 0 Å². The Hall–Kier alpha value is -2.62. The summed E-state index contributed by atoms with van der Waals surface area (Å²) in [6, 6.07) is 13.2. The fourth-order valence-corrected chi connectivity index (χ4v) is 2.97. The molecule has 1 aliphatic carbocycles. The Morgan fingerprint density at radius 3 is 2.54 bits per heavy atom. The fraction of sp³-hybridized carbons (Fsp3) is 0.364. The number of nitrogens with zero attached hydrogens (tertiary/aromatic N) is 1. The van der Waals surface area contributed by atoms with E-state index in [1.54, 1.807) is 36.2 Å². The fourth-order valence-electron chi connectivity index (χ4n) is 2.97. The first-order chi connectivity index (χ1) is 12.4. The van der Waals surface area contributed by atoms with E-state index in [2.05, 4.69) is 37.4 Å². The van der Waals surface area contributed by atoms with Crippen LogP contribution in [0, 0.1) is 19.8 Å².